The van der Waals surface area contributed by atoms with Gasteiger partial charge in [0.05, 0.1) is 12.0 Å². The summed E-state index contributed by atoms with van der Waals surface area (Å²) >= 11 is 3.54. The molecular weight excluding hydrogens is 500 g/mol. The molecule has 0 aliphatic rings. The Morgan fingerprint density at radius 2 is 1.46 bits per heavy atom. The molecule has 2 N–H and O–H groups in total. The molecule has 7 heteroatoms. The Hall–Kier alpha value is -2.74. The molecule has 0 spiro atoms. The van der Waals surface area contributed by atoms with Gasteiger partial charge in [0, 0.05) is 23.0 Å². The molecule has 0 radical (unpaired) electrons. The van der Waals surface area contributed by atoms with Gasteiger partial charge in [-0.05, 0) is 29.7 Å². The summed E-state index contributed by atoms with van der Waals surface area (Å²) in [5.41, 5.74) is 3.83. The Morgan fingerprint density at radius 3 is 2.03 bits per heavy atom. The largest absolute Gasteiger partial charge is 0.438 e. The number of thioether (sulfide) groups is 2. The van der Waals surface area contributed by atoms with Crippen LogP contribution in [0.1, 0.15) is 42.9 Å². The van der Waals surface area contributed by atoms with E-state index in [4.69, 9.17) is 4.42 Å². The molecule has 1 unspecified atom stereocenters. The van der Waals surface area contributed by atoms with Crippen LogP contribution in [0.5, 0.6) is 0 Å². The first-order chi connectivity index (χ1) is 18.1. The third-order valence-corrected chi connectivity index (χ3v) is 8.45. The van der Waals surface area contributed by atoms with Gasteiger partial charge in [0.1, 0.15) is 5.52 Å². The van der Waals surface area contributed by atoms with Crippen molar-refractivity contribution in [3.05, 3.63) is 102 Å². The highest BCUT2D eigenvalue weighted by molar-refractivity contribution is 7.99. The maximum atomic E-state index is 13.5. The van der Waals surface area contributed by atoms with Crippen molar-refractivity contribution in [3.63, 3.8) is 0 Å². The average Bonchev–Trinajstić information content (AvgIpc) is 3.37. The van der Waals surface area contributed by atoms with E-state index in [1.807, 2.05) is 67.6 Å². The smallest absolute Gasteiger partial charge is 0.226 e. The summed E-state index contributed by atoms with van der Waals surface area (Å²) in [6.07, 6.45) is 0.441. The number of carbonyl (C=O) groups is 1. The number of aliphatic hydroxyl groups is 1. The lowest BCUT2D eigenvalue weighted by molar-refractivity contribution is -0.125. The zero-order valence-electron chi connectivity index (χ0n) is 21.1. The van der Waals surface area contributed by atoms with Crippen LogP contribution < -0.4 is 5.32 Å². The first-order valence-corrected chi connectivity index (χ1v) is 15.0. The second-order valence-electron chi connectivity index (χ2n) is 9.07. The van der Waals surface area contributed by atoms with Crippen LogP contribution in [-0.2, 0) is 16.3 Å². The van der Waals surface area contributed by atoms with E-state index in [1.165, 1.54) is 11.1 Å². The fourth-order valence-corrected chi connectivity index (χ4v) is 6.44. The maximum absolute atomic E-state index is 13.5. The molecular formula is C30H34N2O3S2. The number of carbonyl (C=O) groups excluding carboxylic acids is 1. The first-order valence-electron chi connectivity index (χ1n) is 12.7. The van der Waals surface area contributed by atoms with E-state index >= 15 is 0 Å². The number of hydrogen-bond acceptors (Lipinski definition) is 6. The van der Waals surface area contributed by atoms with E-state index in [2.05, 4.69) is 34.6 Å². The zero-order valence-corrected chi connectivity index (χ0v) is 22.7. The molecule has 0 bridgehead atoms. The minimum atomic E-state index is -1.01. The number of aromatic nitrogens is 1. The molecule has 0 aliphatic heterocycles. The van der Waals surface area contributed by atoms with Crippen LogP contribution in [0.3, 0.4) is 0 Å². The van der Waals surface area contributed by atoms with Crippen LogP contribution in [0.2, 0.25) is 0 Å². The first kappa shape index (κ1) is 27.3. The van der Waals surface area contributed by atoms with Crippen molar-refractivity contribution in [2.24, 2.45) is 5.92 Å². The number of para-hydroxylation sites is 2. The predicted octanol–water partition coefficient (Wildman–Crippen LogP) is 6.63. The van der Waals surface area contributed by atoms with Crippen molar-refractivity contribution in [3.8, 4) is 0 Å². The quantitative estimate of drug-likeness (QED) is 0.189. The minimum absolute atomic E-state index is 0.0327. The monoisotopic (exact) mass is 534 g/mol. The molecule has 4 aromatic rings. The fraction of sp³-hybridized carbons (Fsp3) is 0.333. The van der Waals surface area contributed by atoms with E-state index in [0.717, 1.165) is 17.9 Å². The Bertz CT molecular complexity index is 1150. The Balaban J connectivity index is 1.41. The molecule has 37 heavy (non-hydrogen) atoms. The van der Waals surface area contributed by atoms with Crippen molar-refractivity contribution in [1.29, 1.82) is 0 Å². The molecule has 2 atom stereocenters. The zero-order chi connectivity index (χ0) is 25.9. The predicted molar refractivity (Wildman–Crippen MR) is 155 cm³/mol. The molecule has 3 aromatic carbocycles. The lowest BCUT2D eigenvalue weighted by Gasteiger charge is -2.25. The van der Waals surface area contributed by atoms with Gasteiger partial charge in [0.25, 0.3) is 0 Å². The van der Waals surface area contributed by atoms with Gasteiger partial charge < -0.3 is 14.8 Å². The van der Waals surface area contributed by atoms with Crippen LogP contribution in [0.15, 0.2) is 89.3 Å². The van der Waals surface area contributed by atoms with Crippen LogP contribution in [0.25, 0.3) is 11.1 Å². The van der Waals surface area contributed by atoms with Gasteiger partial charge in [-0.15, -0.1) is 0 Å². The van der Waals surface area contributed by atoms with Gasteiger partial charge in [-0.2, -0.15) is 23.5 Å². The molecule has 1 heterocycles. The van der Waals surface area contributed by atoms with Gasteiger partial charge in [-0.25, -0.2) is 4.98 Å². The van der Waals surface area contributed by atoms with Crippen molar-refractivity contribution in [2.75, 3.05) is 11.5 Å². The minimum Gasteiger partial charge on any atom is -0.438 e. The third-order valence-electron chi connectivity index (χ3n) is 6.10. The average molecular weight is 535 g/mol. The molecule has 0 saturated heterocycles. The maximum Gasteiger partial charge on any atom is 0.226 e. The van der Waals surface area contributed by atoms with Gasteiger partial charge >= 0.3 is 0 Å². The summed E-state index contributed by atoms with van der Waals surface area (Å²) in [6, 6.07) is 27.6. The topological polar surface area (TPSA) is 75.4 Å². The number of nitrogens with one attached hydrogen (secondary N) is 1. The number of oxazole rings is 1. The number of rotatable bonds is 14. The second kappa shape index (κ2) is 14.3. The molecule has 194 valence electrons. The van der Waals surface area contributed by atoms with E-state index < -0.39 is 12.1 Å². The summed E-state index contributed by atoms with van der Waals surface area (Å²) in [5, 5.41) is 14.3. The molecule has 4 rings (SSSR count). The number of fused-ring (bicyclic) bond motifs is 1. The molecule has 5 nitrogen and oxygen atoms in total. The van der Waals surface area contributed by atoms with Gasteiger partial charge in [-0.3, -0.25) is 4.79 Å². The van der Waals surface area contributed by atoms with Crippen molar-refractivity contribution in [2.45, 2.75) is 43.4 Å². The summed E-state index contributed by atoms with van der Waals surface area (Å²) in [7, 11) is 0. The molecule has 0 aliphatic carbocycles. The Labute approximate surface area is 227 Å². The Morgan fingerprint density at radius 1 is 0.892 bits per heavy atom. The summed E-state index contributed by atoms with van der Waals surface area (Å²) in [6.45, 7) is 2.04. The van der Waals surface area contributed by atoms with Gasteiger partial charge in [-0.1, -0.05) is 86.1 Å². The highest BCUT2D eigenvalue weighted by Gasteiger charge is 2.29. The van der Waals surface area contributed by atoms with Gasteiger partial charge in [0.15, 0.2) is 11.7 Å². The van der Waals surface area contributed by atoms with Gasteiger partial charge in [0.2, 0.25) is 11.8 Å². The lowest BCUT2D eigenvalue weighted by atomic mass is 10.0. The van der Waals surface area contributed by atoms with E-state index in [-0.39, 0.29) is 17.7 Å². The van der Waals surface area contributed by atoms with Crippen LogP contribution in [0, 0.1) is 5.92 Å². The summed E-state index contributed by atoms with van der Waals surface area (Å²) in [4.78, 5) is 18.0. The number of benzene rings is 3. The Kier molecular flexibility index (Phi) is 10.5. The highest BCUT2D eigenvalue weighted by atomic mass is 32.2. The number of nitrogens with zero attached hydrogens (tertiary/aromatic N) is 1. The molecule has 1 aromatic heterocycles. The van der Waals surface area contributed by atoms with E-state index in [1.54, 1.807) is 23.5 Å². The standard InChI is InChI=1S/C30H34N2O3S2/c1-2-11-26(28(33)30-32-25-16-9-10-17-27(25)35-30)31-29(34)24(20-36-18-22-12-5-3-6-13-22)21-37-19-23-14-7-4-8-15-23/h3-10,12-17,24,26,28,33H,2,11,18-21H2,1H3,(H,31,34)/t26?,28-/m0/s1. The van der Waals surface area contributed by atoms with Crippen LogP contribution >= 0.6 is 23.5 Å². The highest BCUT2D eigenvalue weighted by Crippen LogP contribution is 2.26. The summed E-state index contributed by atoms with van der Waals surface area (Å²) in [5.74, 6) is 3.16. The molecule has 0 fully saturated rings. The third kappa shape index (κ3) is 8.12. The molecule has 1 amide bonds. The number of aliphatic hydroxyl groups excluding tert-OH is 1. The lowest BCUT2D eigenvalue weighted by Crippen LogP contribution is -2.43. The number of hydrogen-bond donors (Lipinski definition) is 2. The van der Waals surface area contributed by atoms with E-state index in [0.29, 0.717) is 29.0 Å². The van der Waals surface area contributed by atoms with Crippen LogP contribution in [0.4, 0.5) is 0 Å². The van der Waals surface area contributed by atoms with Crippen LogP contribution in [-0.4, -0.2) is 33.5 Å². The summed E-state index contributed by atoms with van der Waals surface area (Å²) < 4.78 is 5.81. The number of amides is 1. The normalized spacial score (nSPS) is 13.1. The second-order valence-corrected chi connectivity index (χ2v) is 11.1. The SMILES string of the molecule is CCCC(NC(=O)C(CSCc1ccccc1)CSCc1ccccc1)[C@H](O)c1nc2ccccc2o1. The van der Waals surface area contributed by atoms with Crippen molar-refractivity contribution >= 4 is 40.5 Å². The van der Waals surface area contributed by atoms with Crippen molar-refractivity contribution in [1.82, 2.24) is 10.3 Å². The molecule has 0 saturated carbocycles. The fourth-order valence-electron chi connectivity index (χ4n) is 4.10. The van der Waals surface area contributed by atoms with E-state index in [9.17, 15) is 9.90 Å². The van der Waals surface area contributed by atoms with Crippen molar-refractivity contribution < 1.29 is 14.3 Å².